The van der Waals surface area contributed by atoms with E-state index < -0.39 is 6.04 Å². The number of nitrogens with two attached hydrogens (primary N) is 1. The van der Waals surface area contributed by atoms with Crippen LogP contribution in [0.25, 0.3) is 0 Å². The average Bonchev–Trinajstić information content (AvgIpc) is 2.72. The summed E-state index contributed by atoms with van der Waals surface area (Å²) in [4.78, 5) is 11.6. The minimum Gasteiger partial charge on any atom is -0.491 e. The first-order chi connectivity index (χ1) is 7.72. The molecule has 1 aromatic rings. The van der Waals surface area contributed by atoms with Crippen LogP contribution in [0.3, 0.4) is 0 Å². The van der Waals surface area contributed by atoms with Gasteiger partial charge in [-0.25, -0.2) is 0 Å². The number of hydrogen-bond donors (Lipinski definition) is 2. The fourth-order valence-electron chi connectivity index (χ4n) is 1.75. The predicted molar refractivity (Wildman–Crippen MR) is 61.1 cm³/mol. The summed E-state index contributed by atoms with van der Waals surface area (Å²) in [6.45, 7) is 2.38. The second kappa shape index (κ2) is 4.53. The summed E-state index contributed by atoms with van der Waals surface area (Å²) in [5.41, 5.74) is 6.69. The predicted octanol–water partition coefficient (Wildman–Crippen LogP) is 0.974. The van der Waals surface area contributed by atoms with Gasteiger partial charge in [-0.05, 0) is 12.5 Å². The Morgan fingerprint density at radius 3 is 3.12 bits per heavy atom. The van der Waals surface area contributed by atoms with Gasteiger partial charge in [-0.15, -0.1) is 0 Å². The van der Waals surface area contributed by atoms with E-state index in [0.29, 0.717) is 13.0 Å². The van der Waals surface area contributed by atoms with Crippen LogP contribution >= 0.6 is 0 Å². The normalized spacial score (nSPS) is 19.8. The van der Waals surface area contributed by atoms with Crippen LogP contribution in [0.4, 0.5) is 0 Å². The van der Waals surface area contributed by atoms with Crippen molar-refractivity contribution in [3.63, 3.8) is 0 Å². The standard InChI is InChI=1S/C12H16N2O2/c1-2-9(13)12(15)14-10-7-16-11-6-4-3-5-8(10)11/h3-6,9-10H,2,7,13H2,1H3,(H,14,15). The zero-order valence-corrected chi connectivity index (χ0v) is 9.27. The second-order valence-electron chi connectivity index (χ2n) is 3.92. The number of ether oxygens (including phenoxy) is 1. The molecule has 0 fully saturated rings. The van der Waals surface area contributed by atoms with Crippen molar-refractivity contribution in [2.24, 2.45) is 5.73 Å². The lowest BCUT2D eigenvalue weighted by Gasteiger charge is -2.14. The summed E-state index contributed by atoms with van der Waals surface area (Å²) >= 11 is 0. The number of hydrogen-bond acceptors (Lipinski definition) is 3. The number of para-hydroxylation sites is 1. The maximum absolute atomic E-state index is 11.6. The number of amides is 1. The highest BCUT2D eigenvalue weighted by Crippen LogP contribution is 2.31. The molecule has 4 nitrogen and oxygen atoms in total. The average molecular weight is 220 g/mol. The number of carbonyl (C=O) groups is 1. The molecule has 3 N–H and O–H groups in total. The van der Waals surface area contributed by atoms with Gasteiger partial charge in [-0.3, -0.25) is 4.79 Å². The molecular formula is C12H16N2O2. The lowest BCUT2D eigenvalue weighted by atomic mass is 10.1. The molecule has 1 aliphatic rings. The van der Waals surface area contributed by atoms with E-state index >= 15 is 0 Å². The molecule has 4 heteroatoms. The molecule has 0 bridgehead atoms. The minimum atomic E-state index is -0.437. The smallest absolute Gasteiger partial charge is 0.237 e. The monoisotopic (exact) mass is 220 g/mol. The lowest BCUT2D eigenvalue weighted by molar-refractivity contribution is -0.123. The molecule has 2 unspecified atom stereocenters. The largest absolute Gasteiger partial charge is 0.491 e. The zero-order valence-electron chi connectivity index (χ0n) is 9.27. The van der Waals surface area contributed by atoms with Crippen LogP contribution in [-0.2, 0) is 4.79 Å². The van der Waals surface area contributed by atoms with Gasteiger partial charge in [-0.1, -0.05) is 25.1 Å². The summed E-state index contributed by atoms with van der Waals surface area (Å²) in [5.74, 6) is 0.727. The van der Waals surface area contributed by atoms with Gasteiger partial charge in [0.1, 0.15) is 12.4 Å². The molecule has 2 rings (SSSR count). The van der Waals surface area contributed by atoms with Gasteiger partial charge in [0, 0.05) is 5.56 Å². The van der Waals surface area contributed by atoms with E-state index in [-0.39, 0.29) is 11.9 Å². The molecule has 0 saturated heterocycles. The molecular weight excluding hydrogens is 204 g/mol. The molecule has 0 aromatic heterocycles. The highest BCUT2D eigenvalue weighted by molar-refractivity contribution is 5.82. The lowest BCUT2D eigenvalue weighted by Crippen LogP contribution is -2.42. The molecule has 2 atom stereocenters. The number of nitrogens with one attached hydrogen (secondary N) is 1. The SMILES string of the molecule is CCC(N)C(=O)NC1COc2ccccc21. The minimum absolute atomic E-state index is 0.0682. The van der Waals surface area contributed by atoms with Gasteiger partial charge in [0.15, 0.2) is 0 Å². The first kappa shape index (κ1) is 11.0. The summed E-state index contributed by atoms with van der Waals surface area (Å²) < 4.78 is 5.47. The topological polar surface area (TPSA) is 64.4 Å². The summed E-state index contributed by atoms with van der Waals surface area (Å²) in [6.07, 6.45) is 0.640. The molecule has 0 saturated carbocycles. The first-order valence-corrected chi connectivity index (χ1v) is 5.50. The number of fused-ring (bicyclic) bond motifs is 1. The van der Waals surface area contributed by atoms with Crippen molar-refractivity contribution in [1.29, 1.82) is 0 Å². The molecule has 1 aliphatic heterocycles. The van der Waals surface area contributed by atoms with Crippen molar-refractivity contribution in [2.75, 3.05) is 6.61 Å². The fourth-order valence-corrected chi connectivity index (χ4v) is 1.75. The Bertz CT molecular complexity index is 392. The Balaban J connectivity index is 2.06. The van der Waals surface area contributed by atoms with E-state index in [0.717, 1.165) is 11.3 Å². The van der Waals surface area contributed by atoms with Crippen LogP contribution in [0.5, 0.6) is 5.75 Å². The van der Waals surface area contributed by atoms with Crippen LogP contribution in [-0.4, -0.2) is 18.6 Å². The third-order valence-corrected chi connectivity index (χ3v) is 2.79. The van der Waals surface area contributed by atoms with Gasteiger partial charge < -0.3 is 15.8 Å². The van der Waals surface area contributed by atoms with Crippen LogP contribution in [0.15, 0.2) is 24.3 Å². The van der Waals surface area contributed by atoms with Crippen LogP contribution < -0.4 is 15.8 Å². The van der Waals surface area contributed by atoms with Gasteiger partial charge >= 0.3 is 0 Å². The maximum atomic E-state index is 11.6. The van der Waals surface area contributed by atoms with E-state index in [4.69, 9.17) is 10.5 Å². The molecule has 0 radical (unpaired) electrons. The van der Waals surface area contributed by atoms with Crippen LogP contribution in [0.1, 0.15) is 24.9 Å². The van der Waals surface area contributed by atoms with E-state index in [1.165, 1.54) is 0 Å². The molecule has 1 aromatic carbocycles. The Hall–Kier alpha value is -1.55. The van der Waals surface area contributed by atoms with E-state index in [2.05, 4.69) is 5.32 Å². The quantitative estimate of drug-likeness (QED) is 0.798. The molecule has 86 valence electrons. The fraction of sp³-hybridized carbons (Fsp3) is 0.417. The van der Waals surface area contributed by atoms with Crippen molar-refractivity contribution in [3.05, 3.63) is 29.8 Å². The summed E-state index contributed by atoms with van der Waals surface area (Å²) in [7, 11) is 0. The van der Waals surface area contributed by atoms with Crippen molar-refractivity contribution in [1.82, 2.24) is 5.32 Å². The molecule has 1 amide bonds. The summed E-state index contributed by atoms with van der Waals surface area (Å²) in [6, 6.07) is 7.22. The first-order valence-electron chi connectivity index (χ1n) is 5.50. The van der Waals surface area contributed by atoms with E-state index in [1.807, 2.05) is 31.2 Å². The molecule has 1 heterocycles. The Morgan fingerprint density at radius 1 is 1.62 bits per heavy atom. The number of benzene rings is 1. The van der Waals surface area contributed by atoms with Crippen LogP contribution in [0.2, 0.25) is 0 Å². The maximum Gasteiger partial charge on any atom is 0.237 e. The van der Waals surface area contributed by atoms with Crippen molar-refractivity contribution >= 4 is 5.91 Å². The van der Waals surface area contributed by atoms with E-state index in [1.54, 1.807) is 0 Å². The van der Waals surface area contributed by atoms with Crippen LogP contribution in [0, 0.1) is 0 Å². The van der Waals surface area contributed by atoms with Gasteiger partial charge in [0.25, 0.3) is 0 Å². The second-order valence-corrected chi connectivity index (χ2v) is 3.92. The highest BCUT2D eigenvalue weighted by Gasteiger charge is 2.26. The van der Waals surface area contributed by atoms with Gasteiger partial charge in [0.2, 0.25) is 5.91 Å². The number of rotatable bonds is 3. The molecule has 0 aliphatic carbocycles. The number of carbonyl (C=O) groups excluding carboxylic acids is 1. The van der Waals surface area contributed by atoms with Gasteiger partial charge in [-0.2, -0.15) is 0 Å². The zero-order chi connectivity index (χ0) is 11.5. The molecule has 16 heavy (non-hydrogen) atoms. The Kier molecular flexibility index (Phi) is 3.10. The third-order valence-electron chi connectivity index (χ3n) is 2.79. The summed E-state index contributed by atoms with van der Waals surface area (Å²) in [5, 5.41) is 2.90. The highest BCUT2D eigenvalue weighted by atomic mass is 16.5. The van der Waals surface area contributed by atoms with Crippen molar-refractivity contribution in [2.45, 2.75) is 25.4 Å². The molecule has 0 spiro atoms. The van der Waals surface area contributed by atoms with Crippen molar-refractivity contribution < 1.29 is 9.53 Å². The van der Waals surface area contributed by atoms with E-state index in [9.17, 15) is 4.79 Å². The Labute approximate surface area is 94.8 Å². The Morgan fingerprint density at radius 2 is 2.38 bits per heavy atom. The third kappa shape index (κ3) is 2.02. The van der Waals surface area contributed by atoms with Gasteiger partial charge in [0.05, 0.1) is 12.1 Å². The van der Waals surface area contributed by atoms with Crippen molar-refractivity contribution in [3.8, 4) is 5.75 Å².